The van der Waals surface area contributed by atoms with Crippen LogP contribution in [0.5, 0.6) is 0 Å². The molecular weight excluding hydrogens is 195 g/mol. The number of hydrogen-bond acceptors (Lipinski definition) is 7. The number of aliphatic hydroxyl groups excluding tert-OH is 1. The van der Waals surface area contributed by atoms with Gasteiger partial charge in [-0.3, -0.25) is 0 Å². The predicted molar refractivity (Wildman–Crippen MR) is 45.4 cm³/mol. The molecule has 3 N–H and O–H groups in total. The molecule has 1 aromatic heterocycles. The van der Waals surface area contributed by atoms with Gasteiger partial charge in [0.15, 0.2) is 0 Å². The number of anilines is 1. The third-order valence-corrected chi connectivity index (χ3v) is 1.30. The van der Waals surface area contributed by atoms with E-state index in [-0.39, 0.29) is 13.2 Å². The largest absolute Gasteiger partial charge is 0.389 e. The molecule has 0 fully saturated rings. The van der Waals surface area contributed by atoms with Crippen LogP contribution in [0, 0.1) is 0 Å². The second-order valence-electron chi connectivity index (χ2n) is 2.16. The summed E-state index contributed by atoms with van der Waals surface area (Å²) in [5.74, 6) is 0.328. The Morgan fingerprint density at radius 2 is 2.62 bits per heavy atom. The molecule has 0 saturated heterocycles. The number of tetrazole rings is 1. The van der Waals surface area contributed by atoms with E-state index in [0.29, 0.717) is 5.95 Å². The first-order valence-corrected chi connectivity index (χ1v) is 3.91. The highest BCUT2D eigenvalue weighted by atomic mass is 31.0. The summed E-state index contributed by atoms with van der Waals surface area (Å²) < 4.78 is 0. The average molecular weight is 204 g/mol. The van der Waals surface area contributed by atoms with Gasteiger partial charge in [-0.2, -0.15) is 5.21 Å². The van der Waals surface area contributed by atoms with Crippen LogP contribution in [-0.4, -0.2) is 45.0 Å². The van der Waals surface area contributed by atoms with E-state index in [1.165, 1.54) is 0 Å². The monoisotopic (exact) mass is 204 g/mol. The summed E-state index contributed by atoms with van der Waals surface area (Å²) in [4.78, 5) is 7.74. The van der Waals surface area contributed by atoms with Gasteiger partial charge in [-0.1, -0.05) is 5.10 Å². The summed E-state index contributed by atoms with van der Waals surface area (Å²) in [6.45, 7) is 0.357. The van der Waals surface area contributed by atoms with Crippen molar-refractivity contribution in [3.8, 4) is 0 Å². The van der Waals surface area contributed by atoms with Gasteiger partial charge in [0.05, 0.1) is 6.10 Å². The van der Waals surface area contributed by atoms with Crippen LogP contribution in [0.4, 0.5) is 5.95 Å². The molecule has 1 rings (SSSR count). The molecule has 1 atom stereocenters. The second kappa shape index (κ2) is 5.52. The SMILES string of the molecule is OC(CNc1nn[nH]n1)CON=P. The van der Waals surface area contributed by atoms with E-state index in [9.17, 15) is 5.11 Å². The van der Waals surface area contributed by atoms with Gasteiger partial charge in [0.1, 0.15) is 6.61 Å². The molecule has 72 valence electrons. The minimum Gasteiger partial charge on any atom is -0.389 e. The number of aromatic nitrogens is 4. The van der Waals surface area contributed by atoms with Crippen molar-refractivity contribution < 1.29 is 9.94 Å². The van der Waals surface area contributed by atoms with Crippen molar-refractivity contribution in [3.63, 3.8) is 0 Å². The first-order valence-electron chi connectivity index (χ1n) is 3.47. The van der Waals surface area contributed by atoms with E-state index >= 15 is 0 Å². The normalized spacial score (nSPS) is 12.4. The Morgan fingerprint density at radius 3 is 3.23 bits per heavy atom. The topological polar surface area (TPSA) is 108 Å². The van der Waals surface area contributed by atoms with E-state index in [0.717, 1.165) is 0 Å². The molecule has 8 nitrogen and oxygen atoms in total. The van der Waals surface area contributed by atoms with Crippen LogP contribution in [-0.2, 0) is 4.84 Å². The highest BCUT2D eigenvalue weighted by Crippen LogP contribution is 1.92. The lowest BCUT2D eigenvalue weighted by Gasteiger charge is -2.07. The lowest BCUT2D eigenvalue weighted by atomic mass is 10.4. The number of H-pyrrole nitrogens is 1. The van der Waals surface area contributed by atoms with Gasteiger partial charge in [0, 0.05) is 15.6 Å². The molecule has 0 bridgehead atoms. The molecule has 0 spiro atoms. The van der Waals surface area contributed by atoms with Crippen molar-refractivity contribution in [2.45, 2.75) is 6.10 Å². The second-order valence-corrected chi connectivity index (χ2v) is 2.34. The molecule has 0 saturated carbocycles. The van der Waals surface area contributed by atoms with Crippen LogP contribution < -0.4 is 5.32 Å². The fourth-order valence-corrected chi connectivity index (χ4v) is 0.703. The van der Waals surface area contributed by atoms with Crippen LogP contribution in [0.15, 0.2) is 4.91 Å². The molecule has 1 aromatic rings. The van der Waals surface area contributed by atoms with E-state index in [1.807, 2.05) is 0 Å². The third kappa shape index (κ3) is 3.88. The maximum absolute atomic E-state index is 9.22. The molecule has 1 heterocycles. The standard InChI is InChI=1S/C4H9N6O2P/c11-3(2-12-10-13)1-5-4-6-8-9-7-4/h3,11,13H,1-2H2,(H2,5,6,7,8,9). The Labute approximate surface area is 75.9 Å². The van der Waals surface area contributed by atoms with Crippen LogP contribution in [0.25, 0.3) is 0 Å². The number of nitrogens with one attached hydrogen (secondary N) is 2. The number of hydrogen-bond donors (Lipinski definition) is 3. The van der Waals surface area contributed by atoms with Crippen LogP contribution in [0.2, 0.25) is 0 Å². The summed E-state index contributed by atoms with van der Waals surface area (Å²) in [6, 6.07) is 0. The fraction of sp³-hybridized carbons (Fsp3) is 0.750. The fourth-order valence-electron chi connectivity index (χ4n) is 0.628. The van der Waals surface area contributed by atoms with Gasteiger partial charge < -0.3 is 10.4 Å². The summed E-state index contributed by atoms with van der Waals surface area (Å²) in [6.07, 6.45) is -0.682. The number of rotatable bonds is 6. The van der Waals surface area contributed by atoms with Crippen LogP contribution >= 0.6 is 9.03 Å². The van der Waals surface area contributed by atoms with E-state index in [1.54, 1.807) is 0 Å². The minimum atomic E-state index is -0.682. The van der Waals surface area contributed by atoms with Gasteiger partial charge in [-0.15, -0.1) is 10.0 Å². The molecule has 0 amide bonds. The third-order valence-electron chi connectivity index (χ3n) is 1.17. The summed E-state index contributed by atoms with van der Waals surface area (Å²) >= 11 is 0. The minimum absolute atomic E-state index is 0.0916. The Bertz CT molecular complexity index is 241. The van der Waals surface area contributed by atoms with Gasteiger partial charge >= 0.3 is 0 Å². The smallest absolute Gasteiger partial charge is 0.263 e. The van der Waals surface area contributed by atoms with E-state index in [4.69, 9.17) is 0 Å². The lowest BCUT2D eigenvalue weighted by Crippen LogP contribution is -2.24. The quantitative estimate of drug-likeness (QED) is 0.414. The molecule has 13 heavy (non-hydrogen) atoms. The van der Waals surface area contributed by atoms with Crippen LogP contribution in [0.1, 0.15) is 0 Å². The molecule has 0 aliphatic heterocycles. The Balaban J connectivity index is 2.15. The van der Waals surface area contributed by atoms with Gasteiger partial charge in [0.2, 0.25) is 0 Å². The van der Waals surface area contributed by atoms with Gasteiger partial charge in [-0.25, -0.2) is 4.84 Å². The Morgan fingerprint density at radius 1 is 1.77 bits per heavy atom. The number of nitrogens with zero attached hydrogens (tertiary/aromatic N) is 4. The van der Waals surface area contributed by atoms with Crippen molar-refractivity contribution in [2.75, 3.05) is 18.5 Å². The zero-order valence-electron chi connectivity index (χ0n) is 6.64. The first-order chi connectivity index (χ1) is 6.33. The zero-order valence-corrected chi connectivity index (χ0v) is 7.64. The molecule has 0 aromatic carbocycles. The molecule has 0 radical (unpaired) electrons. The molecule has 0 aliphatic carbocycles. The number of aliphatic hydroxyl groups is 1. The molecular formula is C4H9N6O2P. The van der Waals surface area contributed by atoms with E-state index < -0.39 is 6.10 Å². The Kier molecular flexibility index (Phi) is 4.24. The van der Waals surface area contributed by atoms with Crippen molar-refractivity contribution in [2.24, 2.45) is 4.91 Å². The molecule has 9 heteroatoms. The maximum atomic E-state index is 9.22. The highest BCUT2D eigenvalue weighted by molar-refractivity contribution is 7.03. The summed E-state index contributed by atoms with van der Waals surface area (Å²) in [5.41, 5.74) is 0. The van der Waals surface area contributed by atoms with Crippen LogP contribution in [0.3, 0.4) is 0 Å². The Hall–Kier alpha value is -1.11. The number of aromatic amines is 1. The van der Waals surface area contributed by atoms with Crippen molar-refractivity contribution in [1.82, 2.24) is 20.6 Å². The van der Waals surface area contributed by atoms with Crippen molar-refractivity contribution >= 4 is 15.0 Å². The zero-order chi connectivity index (χ0) is 9.52. The summed E-state index contributed by atoms with van der Waals surface area (Å²) in [5, 5.41) is 24.8. The van der Waals surface area contributed by atoms with Crippen molar-refractivity contribution in [3.05, 3.63) is 0 Å². The highest BCUT2D eigenvalue weighted by Gasteiger charge is 2.05. The molecule has 1 unspecified atom stereocenters. The predicted octanol–water partition coefficient (Wildman–Crippen LogP) is -0.770. The first kappa shape index (κ1) is 9.97. The molecule has 0 aliphatic rings. The van der Waals surface area contributed by atoms with Gasteiger partial charge in [-0.05, 0) is 5.21 Å². The average Bonchev–Trinajstić information content (AvgIpc) is 2.64. The van der Waals surface area contributed by atoms with Crippen molar-refractivity contribution in [1.29, 1.82) is 0 Å². The lowest BCUT2D eigenvalue weighted by molar-refractivity contribution is 0.0502. The maximum Gasteiger partial charge on any atom is 0.263 e. The summed E-state index contributed by atoms with van der Waals surface area (Å²) in [7, 11) is 2.74. The van der Waals surface area contributed by atoms with E-state index in [2.05, 4.69) is 44.7 Å². The van der Waals surface area contributed by atoms with Gasteiger partial charge in [0.25, 0.3) is 5.95 Å².